The van der Waals surface area contributed by atoms with Gasteiger partial charge in [0.15, 0.2) is 4.80 Å². The summed E-state index contributed by atoms with van der Waals surface area (Å²) in [6.07, 6.45) is 9.63. The maximum atomic E-state index is 12.3. The number of fused-ring (bicyclic) bond motifs is 1. The highest BCUT2D eigenvalue weighted by Crippen LogP contribution is 2.26. The number of nitrogens with zero attached hydrogens (tertiary/aromatic N) is 2. The highest BCUT2D eigenvalue weighted by atomic mass is 32.1. The van der Waals surface area contributed by atoms with Crippen LogP contribution in [-0.2, 0) is 11.3 Å². The topological polar surface area (TPSA) is 43.6 Å². The van der Waals surface area contributed by atoms with Gasteiger partial charge in [0.2, 0.25) is 0 Å². The number of aromatic nitrogens is 1. The lowest BCUT2D eigenvalue weighted by atomic mass is 10.1. The van der Waals surface area contributed by atoms with E-state index in [0.29, 0.717) is 11.3 Å². The van der Waals surface area contributed by atoms with Gasteiger partial charge in [-0.1, -0.05) is 30.1 Å². The highest BCUT2D eigenvalue weighted by molar-refractivity contribution is 7.16. The van der Waals surface area contributed by atoms with Crippen LogP contribution in [-0.4, -0.2) is 17.6 Å². The van der Waals surface area contributed by atoms with Gasteiger partial charge in [0, 0.05) is 5.92 Å². The number of rotatable bonds is 3. The summed E-state index contributed by atoms with van der Waals surface area (Å²) in [5.74, 6) is 3.50. The molecular formula is C17H18N2O2S. The summed E-state index contributed by atoms with van der Waals surface area (Å²) in [7, 11) is 1.64. The van der Waals surface area contributed by atoms with Gasteiger partial charge in [0.05, 0.1) is 23.9 Å². The molecule has 0 aliphatic heterocycles. The third kappa shape index (κ3) is 2.79. The summed E-state index contributed by atoms with van der Waals surface area (Å²) in [5, 5.41) is 0. The predicted octanol–water partition coefficient (Wildman–Crippen LogP) is 2.96. The van der Waals surface area contributed by atoms with Gasteiger partial charge in [0.1, 0.15) is 5.75 Å². The van der Waals surface area contributed by atoms with E-state index in [4.69, 9.17) is 11.2 Å². The molecular weight excluding hydrogens is 296 g/mol. The Morgan fingerprint density at radius 2 is 2.27 bits per heavy atom. The van der Waals surface area contributed by atoms with Crippen LogP contribution in [0.2, 0.25) is 0 Å². The van der Waals surface area contributed by atoms with E-state index in [1.165, 1.54) is 11.3 Å². The molecule has 22 heavy (non-hydrogen) atoms. The van der Waals surface area contributed by atoms with Crippen molar-refractivity contribution < 1.29 is 9.53 Å². The van der Waals surface area contributed by atoms with Crippen LogP contribution < -0.4 is 9.54 Å². The molecule has 0 N–H and O–H groups in total. The van der Waals surface area contributed by atoms with Crippen LogP contribution in [0, 0.1) is 18.3 Å². The molecule has 0 unspecified atom stereocenters. The molecule has 1 aromatic heterocycles. The summed E-state index contributed by atoms with van der Waals surface area (Å²) in [6.45, 7) is 0.406. The van der Waals surface area contributed by atoms with Crippen molar-refractivity contribution in [2.24, 2.45) is 10.9 Å². The maximum absolute atomic E-state index is 12.3. The summed E-state index contributed by atoms with van der Waals surface area (Å²) < 4.78 is 8.20. The van der Waals surface area contributed by atoms with Crippen LogP contribution >= 0.6 is 11.3 Å². The first-order chi connectivity index (χ1) is 10.7. The molecule has 1 aromatic carbocycles. The quantitative estimate of drug-likeness (QED) is 0.818. The minimum Gasteiger partial charge on any atom is -0.497 e. The number of thiazole rings is 1. The second-order valence-electron chi connectivity index (χ2n) is 5.44. The van der Waals surface area contributed by atoms with Gasteiger partial charge in [-0.15, -0.1) is 6.42 Å². The largest absolute Gasteiger partial charge is 0.497 e. The van der Waals surface area contributed by atoms with Crippen LogP contribution in [0.15, 0.2) is 23.2 Å². The van der Waals surface area contributed by atoms with Gasteiger partial charge in [-0.3, -0.25) is 4.79 Å². The number of amides is 1. The zero-order valence-corrected chi connectivity index (χ0v) is 13.4. The van der Waals surface area contributed by atoms with E-state index < -0.39 is 0 Å². The zero-order valence-electron chi connectivity index (χ0n) is 12.5. The fourth-order valence-corrected chi connectivity index (χ4v) is 3.93. The summed E-state index contributed by atoms with van der Waals surface area (Å²) in [6, 6.07) is 5.80. The van der Waals surface area contributed by atoms with Gasteiger partial charge in [-0.25, -0.2) is 0 Å². The molecule has 4 nitrogen and oxygen atoms in total. The number of methoxy groups -OCH3 is 1. The smallest absolute Gasteiger partial charge is 0.251 e. The second-order valence-corrected chi connectivity index (χ2v) is 6.45. The van der Waals surface area contributed by atoms with Crippen LogP contribution in [0.1, 0.15) is 25.7 Å². The van der Waals surface area contributed by atoms with E-state index in [1.54, 1.807) is 7.11 Å². The Kier molecular flexibility index (Phi) is 4.30. The Bertz CT molecular complexity index is 804. The first-order valence-electron chi connectivity index (χ1n) is 7.42. The number of benzene rings is 1. The lowest BCUT2D eigenvalue weighted by molar-refractivity contribution is -0.121. The second kappa shape index (κ2) is 6.37. The number of carbonyl (C=O) groups excluding carboxylic acids is 1. The van der Waals surface area contributed by atoms with Crippen molar-refractivity contribution in [3.8, 4) is 18.1 Å². The first-order valence-corrected chi connectivity index (χ1v) is 8.24. The Morgan fingerprint density at radius 1 is 1.50 bits per heavy atom. The van der Waals surface area contributed by atoms with Crippen molar-refractivity contribution in [2.45, 2.75) is 32.2 Å². The molecule has 114 valence electrons. The molecule has 1 amide bonds. The van der Waals surface area contributed by atoms with Crippen LogP contribution in [0.3, 0.4) is 0 Å². The van der Waals surface area contributed by atoms with Gasteiger partial charge < -0.3 is 9.30 Å². The molecule has 1 aliphatic rings. The monoisotopic (exact) mass is 314 g/mol. The van der Waals surface area contributed by atoms with E-state index in [2.05, 4.69) is 10.9 Å². The van der Waals surface area contributed by atoms with E-state index in [0.717, 1.165) is 41.6 Å². The molecule has 1 fully saturated rings. The van der Waals surface area contributed by atoms with E-state index >= 15 is 0 Å². The normalized spacial score (nSPS) is 16.1. The SMILES string of the molecule is C#CCn1c(=NC(=O)C2CCCC2)sc2cc(OC)ccc21. The number of hydrogen-bond donors (Lipinski definition) is 0. The molecule has 0 radical (unpaired) electrons. The average Bonchev–Trinajstić information content (AvgIpc) is 3.16. The van der Waals surface area contributed by atoms with Crippen molar-refractivity contribution in [3.05, 3.63) is 23.0 Å². The Morgan fingerprint density at radius 3 is 2.95 bits per heavy atom. The van der Waals surface area contributed by atoms with Gasteiger partial charge in [0.25, 0.3) is 5.91 Å². The Labute approximate surface area is 133 Å². The number of ether oxygens (including phenoxy) is 1. The first kappa shape index (κ1) is 14.9. The molecule has 0 saturated heterocycles. The molecule has 0 spiro atoms. The molecule has 2 aromatic rings. The molecule has 1 saturated carbocycles. The molecule has 3 rings (SSSR count). The predicted molar refractivity (Wildman–Crippen MR) is 87.7 cm³/mol. The minimum atomic E-state index is -0.0122. The lowest BCUT2D eigenvalue weighted by Crippen LogP contribution is -2.19. The van der Waals surface area contributed by atoms with Crippen molar-refractivity contribution in [1.82, 2.24) is 4.57 Å². The van der Waals surface area contributed by atoms with Gasteiger partial charge >= 0.3 is 0 Å². The zero-order chi connectivity index (χ0) is 15.5. The Balaban J connectivity index is 2.09. The van der Waals surface area contributed by atoms with E-state index in [1.807, 2.05) is 22.8 Å². The fourth-order valence-electron chi connectivity index (χ4n) is 2.87. The fraction of sp³-hybridized carbons (Fsp3) is 0.412. The number of hydrogen-bond acceptors (Lipinski definition) is 3. The number of carbonyl (C=O) groups is 1. The van der Waals surface area contributed by atoms with Crippen LogP contribution in [0.5, 0.6) is 5.75 Å². The van der Waals surface area contributed by atoms with Crippen LogP contribution in [0.25, 0.3) is 10.2 Å². The molecule has 1 heterocycles. The third-order valence-electron chi connectivity index (χ3n) is 4.05. The highest BCUT2D eigenvalue weighted by Gasteiger charge is 2.22. The number of terminal acetylenes is 1. The van der Waals surface area contributed by atoms with E-state index in [9.17, 15) is 4.79 Å². The molecule has 5 heteroatoms. The molecule has 0 atom stereocenters. The Hall–Kier alpha value is -2.06. The van der Waals surface area contributed by atoms with E-state index in [-0.39, 0.29) is 11.8 Å². The van der Waals surface area contributed by atoms with Crippen molar-refractivity contribution in [2.75, 3.05) is 7.11 Å². The average molecular weight is 314 g/mol. The maximum Gasteiger partial charge on any atom is 0.251 e. The van der Waals surface area contributed by atoms with Crippen molar-refractivity contribution >= 4 is 27.5 Å². The summed E-state index contributed by atoms with van der Waals surface area (Å²) in [5.41, 5.74) is 0.988. The third-order valence-corrected chi connectivity index (χ3v) is 5.09. The molecule has 0 bridgehead atoms. The summed E-state index contributed by atoms with van der Waals surface area (Å²) >= 11 is 1.48. The van der Waals surface area contributed by atoms with Gasteiger partial charge in [-0.05, 0) is 31.0 Å². The van der Waals surface area contributed by atoms with Crippen molar-refractivity contribution in [1.29, 1.82) is 0 Å². The van der Waals surface area contributed by atoms with Crippen molar-refractivity contribution in [3.63, 3.8) is 0 Å². The summed E-state index contributed by atoms with van der Waals surface area (Å²) in [4.78, 5) is 17.4. The molecule has 1 aliphatic carbocycles. The van der Waals surface area contributed by atoms with Crippen LogP contribution in [0.4, 0.5) is 0 Å². The lowest BCUT2D eigenvalue weighted by Gasteiger charge is -2.03. The minimum absolute atomic E-state index is 0.0122. The van der Waals surface area contributed by atoms with Gasteiger partial charge in [-0.2, -0.15) is 4.99 Å². The standard InChI is InChI=1S/C17H18N2O2S/c1-3-10-19-14-9-8-13(21-2)11-15(14)22-17(19)18-16(20)12-6-4-5-7-12/h1,8-9,11-12H,4-7,10H2,2H3.